The fourth-order valence-corrected chi connectivity index (χ4v) is 1.85. The Morgan fingerprint density at radius 2 is 2.00 bits per heavy atom. The minimum absolute atomic E-state index is 0.252. The highest BCUT2D eigenvalue weighted by Crippen LogP contribution is 2.22. The molecule has 0 radical (unpaired) electrons. The summed E-state index contributed by atoms with van der Waals surface area (Å²) in [5.41, 5.74) is 0.902. The summed E-state index contributed by atoms with van der Waals surface area (Å²) in [4.78, 5) is 10.0. The minimum Gasteiger partial charge on any atom is -0.380 e. The summed E-state index contributed by atoms with van der Waals surface area (Å²) in [6.07, 6.45) is 0. The molecule has 0 aliphatic rings. The molecule has 4 nitrogen and oxygen atoms in total. The van der Waals surface area contributed by atoms with Gasteiger partial charge in [-0.2, -0.15) is 0 Å². The van der Waals surface area contributed by atoms with Crippen LogP contribution in [0.1, 0.15) is 5.56 Å². The zero-order valence-electron chi connectivity index (χ0n) is 9.77. The predicted molar refractivity (Wildman–Crippen MR) is 71.8 cm³/mol. The SMILES string of the molecule is O=[N+]([O-])c1cc(F)cc(CNc2ccccc2Cl)c1. The minimum atomic E-state index is -0.634. The maximum Gasteiger partial charge on any atom is 0.272 e. The van der Waals surface area contributed by atoms with Crippen molar-refractivity contribution in [3.8, 4) is 0 Å². The lowest BCUT2D eigenvalue weighted by Crippen LogP contribution is -2.01. The van der Waals surface area contributed by atoms with E-state index in [-0.39, 0.29) is 12.2 Å². The number of hydrogen-bond acceptors (Lipinski definition) is 3. The zero-order valence-corrected chi connectivity index (χ0v) is 10.5. The largest absolute Gasteiger partial charge is 0.380 e. The van der Waals surface area contributed by atoms with Crippen LogP contribution in [0.4, 0.5) is 15.8 Å². The van der Waals surface area contributed by atoms with Gasteiger partial charge in [0.25, 0.3) is 5.69 Å². The van der Waals surface area contributed by atoms with E-state index in [4.69, 9.17) is 11.6 Å². The van der Waals surface area contributed by atoms with Gasteiger partial charge in [0, 0.05) is 12.6 Å². The molecule has 98 valence electrons. The fraction of sp³-hybridized carbons (Fsp3) is 0.0769. The highest BCUT2D eigenvalue weighted by atomic mass is 35.5. The summed E-state index contributed by atoms with van der Waals surface area (Å²) in [5, 5.41) is 14.2. The third kappa shape index (κ3) is 3.42. The quantitative estimate of drug-likeness (QED) is 0.680. The van der Waals surface area contributed by atoms with Crippen molar-refractivity contribution in [3.63, 3.8) is 0 Å². The van der Waals surface area contributed by atoms with Crippen LogP contribution in [-0.4, -0.2) is 4.92 Å². The fourth-order valence-electron chi connectivity index (χ4n) is 1.64. The molecule has 0 unspecified atom stereocenters. The predicted octanol–water partition coefficient (Wildman–Crippen LogP) is 4.00. The van der Waals surface area contributed by atoms with Gasteiger partial charge in [-0.15, -0.1) is 0 Å². The summed E-state index contributed by atoms with van der Waals surface area (Å²) in [6, 6.07) is 10.6. The Hall–Kier alpha value is -2.14. The van der Waals surface area contributed by atoms with Gasteiger partial charge in [-0.1, -0.05) is 23.7 Å². The number of nitrogens with zero attached hydrogens (tertiary/aromatic N) is 1. The lowest BCUT2D eigenvalue weighted by atomic mass is 10.2. The molecule has 0 atom stereocenters. The maximum absolute atomic E-state index is 13.2. The molecule has 0 spiro atoms. The number of nitrogens with one attached hydrogen (secondary N) is 1. The number of benzene rings is 2. The van der Waals surface area contributed by atoms with Crippen LogP contribution in [0.15, 0.2) is 42.5 Å². The van der Waals surface area contributed by atoms with Crippen LogP contribution in [0.5, 0.6) is 0 Å². The maximum atomic E-state index is 13.2. The summed E-state index contributed by atoms with van der Waals surface area (Å²) in [7, 11) is 0. The summed E-state index contributed by atoms with van der Waals surface area (Å²) < 4.78 is 13.2. The van der Waals surface area contributed by atoms with E-state index < -0.39 is 10.7 Å². The van der Waals surface area contributed by atoms with Gasteiger partial charge in [0.05, 0.1) is 21.7 Å². The van der Waals surface area contributed by atoms with Crippen LogP contribution in [-0.2, 0) is 6.54 Å². The molecule has 0 amide bonds. The average Bonchev–Trinajstić information content (AvgIpc) is 2.37. The second-order valence-electron chi connectivity index (χ2n) is 3.91. The number of nitro benzene ring substituents is 1. The molecule has 0 aliphatic carbocycles. The molecule has 2 aromatic rings. The Bertz CT molecular complexity index is 619. The van der Waals surface area contributed by atoms with Crippen LogP contribution in [0.25, 0.3) is 0 Å². The normalized spacial score (nSPS) is 10.2. The topological polar surface area (TPSA) is 55.2 Å². The summed E-state index contributed by atoms with van der Waals surface area (Å²) >= 11 is 5.96. The van der Waals surface area contributed by atoms with Gasteiger partial charge < -0.3 is 5.32 Å². The van der Waals surface area contributed by atoms with E-state index in [2.05, 4.69) is 5.32 Å². The lowest BCUT2D eigenvalue weighted by molar-refractivity contribution is -0.385. The molecular weight excluding hydrogens is 271 g/mol. The third-order valence-corrected chi connectivity index (χ3v) is 2.84. The Morgan fingerprint density at radius 1 is 1.26 bits per heavy atom. The molecule has 0 aromatic heterocycles. The molecule has 0 bridgehead atoms. The van der Waals surface area contributed by atoms with Crippen molar-refractivity contribution in [2.75, 3.05) is 5.32 Å². The Balaban J connectivity index is 2.16. The molecular formula is C13H10ClFN2O2. The Kier molecular flexibility index (Phi) is 3.97. The van der Waals surface area contributed by atoms with Gasteiger partial charge >= 0.3 is 0 Å². The van der Waals surface area contributed by atoms with Gasteiger partial charge in [0.15, 0.2) is 0 Å². The molecule has 2 aromatic carbocycles. The summed E-state index contributed by atoms with van der Waals surface area (Å²) in [6.45, 7) is 0.252. The number of non-ortho nitro benzene ring substituents is 1. The number of anilines is 1. The summed E-state index contributed by atoms with van der Waals surface area (Å²) in [5.74, 6) is -0.634. The van der Waals surface area contributed by atoms with Crippen LogP contribution >= 0.6 is 11.6 Å². The van der Waals surface area contributed by atoms with E-state index in [0.29, 0.717) is 16.3 Å². The Morgan fingerprint density at radius 3 is 2.68 bits per heavy atom. The van der Waals surface area contributed by atoms with Crippen LogP contribution in [0, 0.1) is 15.9 Å². The van der Waals surface area contributed by atoms with E-state index in [1.54, 1.807) is 18.2 Å². The number of rotatable bonds is 4. The van der Waals surface area contributed by atoms with Crippen molar-refractivity contribution in [1.29, 1.82) is 0 Å². The monoisotopic (exact) mass is 280 g/mol. The molecule has 19 heavy (non-hydrogen) atoms. The highest BCUT2D eigenvalue weighted by Gasteiger charge is 2.09. The zero-order chi connectivity index (χ0) is 13.8. The van der Waals surface area contributed by atoms with Crippen molar-refractivity contribution in [3.05, 3.63) is 69.0 Å². The molecule has 0 saturated carbocycles. The second kappa shape index (κ2) is 5.67. The smallest absolute Gasteiger partial charge is 0.272 e. The van der Waals surface area contributed by atoms with E-state index >= 15 is 0 Å². The van der Waals surface area contributed by atoms with Gasteiger partial charge in [-0.25, -0.2) is 4.39 Å². The van der Waals surface area contributed by atoms with Crippen LogP contribution in [0.3, 0.4) is 0 Å². The lowest BCUT2D eigenvalue weighted by Gasteiger charge is -2.08. The first-order valence-electron chi connectivity index (χ1n) is 5.48. The van der Waals surface area contributed by atoms with Gasteiger partial charge in [-0.3, -0.25) is 10.1 Å². The van der Waals surface area contributed by atoms with Crippen molar-refractivity contribution in [2.45, 2.75) is 6.54 Å². The third-order valence-electron chi connectivity index (χ3n) is 2.51. The van der Waals surface area contributed by atoms with Crippen molar-refractivity contribution < 1.29 is 9.31 Å². The highest BCUT2D eigenvalue weighted by molar-refractivity contribution is 6.33. The molecule has 6 heteroatoms. The van der Waals surface area contributed by atoms with Gasteiger partial charge in [0.1, 0.15) is 5.82 Å². The average molecular weight is 281 g/mol. The molecule has 0 aliphatic heterocycles. The number of nitro groups is 1. The molecule has 0 heterocycles. The number of halogens is 2. The first-order valence-corrected chi connectivity index (χ1v) is 5.86. The first kappa shape index (κ1) is 13.3. The van der Waals surface area contributed by atoms with E-state index in [1.807, 2.05) is 6.07 Å². The van der Waals surface area contributed by atoms with Crippen molar-refractivity contribution >= 4 is 23.0 Å². The van der Waals surface area contributed by atoms with Crippen LogP contribution in [0.2, 0.25) is 5.02 Å². The molecule has 1 N–H and O–H groups in total. The number of hydrogen-bond donors (Lipinski definition) is 1. The Labute approximate surface area is 114 Å². The standard InChI is InChI=1S/C13H10ClFN2O2/c14-12-3-1-2-4-13(12)16-8-9-5-10(15)7-11(6-9)17(18)19/h1-7,16H,8H2. The molecule has 0 fully saturated rings. The molecule has 0 saturated heterocycles. The van der Waals surface area contributed by atoms with E-state index in [9.17, 15) is 14.5 Å². The van der Waals surface area contributed by atoms with Gasteiger partial charge in [0.2, 0.25) is 0 Å². The second-order valence-corrected chi connectivity index (χ2v) is 4.32. The van der Waals surface area contributed by atoms with Crippen LogP contribution < -0.4 is 5.32 Å². The molecule has 2 rings (SSSR count). The number of para-hydroxylation sites is 1. The van der Waals surface area contributed by atoms with Gasteiger partial charge in [-0.05, 0) is 23.8 Å². The van der Waals surface area contributed by atoms with E-state index in [1.165, 1.54) is 12.1 Å². The van der Waals surface area contributed by atoms with Crippen molar-refractivity contribution in [1.82, 2.24) is 0 Å². The first-order chi connectivity index (χ1) is 9.06. The van der Waals surface area contributed by atoms with E-state index in [0.717, 1.165) is 6.07 Å². The van der Waals surface area contributed by atoms with Crippen molar-refractivity contribution in [2.24, 2.45) is 0 Å².